The zero-order valence-electron chi connectivity index (χ0n) is 10.2. The minimum absolute atomic E-state index is 0.928. The second-order valence-corrected chi connectivity index (χ2v) is 4.41. The minimum Gasteiger partial charge on any atom is -0.381 e. The van der Waals surface area contributed by atoms with Crippen LogP contribution >= 0.6 is 9.24 Å². The van der Waals surface area contributed by atoms with Crippen molar-refractivity contribution in [3.63, 3.8) is 0 Å². The van der Waals surface area contributed by atoms with Crippen molar-refractivity contribution in [2.75, 3.05) is 19.4 Å². The summed E-state index contributed by atoms with van der Waals surface area (Å²) in [7, 11) is 2.78. The van der Waals surface area contributed by atoms with Gasteiger partial charge in [-0.2, -0.15) is 0 Å². The zero-order valence-corrected chi connectivity index (χ0v) is 11.4. The molecule has 0 aromatic heterocycles. The summed E-state index contributed by atoms with van der Waals surface area (Å²) in [6.07, 6.45) is 14.5. The third-order valence-corrected chi connectivity index (χ3v) is 2.71. The number of hydrogen-bond acceptors (Lipinski definition) is 1. The van der Waals surface area contributed by atoms with Crippen molar-refractivity contribution >= 4 is 9.24 Å². The molecule has 0 aliphatic carbocycles. The quantitative estimate of drug-likeness (QED) is 0.294. The smallest absolute Gasteiger partial charge is 0.0468 e. The lowest BCUT2D eigenvalue weighted by Gasteiger charge is -2.02. The Morgan fingerprint density at radius 2 is 1.67 bits per heavy atom. The van der Waals surface area contributed by atoms with Crippen LogP contribution in [0, 0.1) is 0 Å². The molecule has 0 rings (SSSR count). The fourth-order valence-electron chi connectivity index (χ4n) is 1.39. The standard InChI is InChI=1S/C13H27OP/c1-2-3-4-5-8-11-14-12-9-6-7-10-13-15/h3-4H,2,5-13,15H2,1H3. The average Bonchev–Trinajstić information content (AvgIpc) is 2.26. The van der Waals surface area contributed by atoms with Crippen LogP contribution in [0.1, 0.15) is 51.9 Å². The van der Waals surface area contributed by atoms with Gasteiger partial charge in [0, 0.05) is 13.2 Å². The molecule has 0 spiro atoms. The van der Waals surface area contributed by atoms with Crippen LogP contribution in [0.3, 0.4) is 0 Å². The molecule has 15 heavy (non-hydrogen) atoms. The SMILES string of the molecule is CCC=CCCCOCCCCCCP. The Morgan fingerprint density at radius 1 is 0.933 bits per heavy atom. The molecular weight excluding hydrogens is 203 g/mol. The third-order valence-electron chi connectivity index (χ3n) is 2.30. The molecule has 0 fully saturated rings. The molecule has 0 bridgehead atoms. The molecule has 0 amide bonds. The molecule has 0 saturated heterocycles. The maximum Gasteiger partial charge on any atom is 0.0468 e. The fraction of sp³-hybridized carbons (Fsp3) is 0.846. The Bertz CT molecular complexity index is 134. The molecule has 0 aliphatic rings. The van der Waals surface area contributed by atoms with Crippen LogP contribution in [-0.2, 0) is 4.74 Å². The normalized spacial score (nSPS) is 11.3. The number of allylic oxidation sites excluding steroid dienone is 2. The minimum atomic E-state index is 0.928. The molecule has 0 N–H and O–H groups in total. The van der Waals surface area contributed by atoms with Gasteiger partial charge in [-0.3, -0.25) is 0 Å². The highest BCUT2D eigenvalue weighted by molar-refractivity contribution is 7.16. The Balaban J connectivity index is 2.89. The van der Waals surface area contributed by atoms with E-state index in [1.807, 2.05) is 0 Å². The Kier molecular flexibility index (Phi) is 14.3. The number of rotatable bonds is 11. The van der Waals surface area contributed by atoms with E-state index < -0.39 is 0 Å². The first-order valence-electron chi connectivity index (χ1n) is 6.34. The summed E-state index contributed by atoms with van der Waals surface area (Å²) >= 11 is 0. The summed E-state index contributed by atoms with van der Waals surface area (Å²) < 4.78 is 5.55. The van der Waals surface area contributed by atoms with Crippen LogP contribution in [0.25, 0.3) is 0 Å². The van der Waals surface area contributed by atoms with Gasteiger partial charge in [0.05, 0.1) is 0 Å². The van der Waals surface area contributed by atoms with Gasteiger partial charge in [-0.25, -0.2) is 0 Å². The van der Waals surface area contributed by atoms with E-state index in [-0.39, 0.29) is 0 Å². The van der Waals surface area contributed by atoms with Crippen LogP contribution in [0.2, 0.25) is 0 Å². The molecule has 1 atom stereocenters. The molecule has 2 heteroatoms. The van der Waals surface area contributed by atoms with Crippen molar-refractivity contribution in [1.29, 1.82) is 0 Å². The second-order valence-electron chi connectivity index (χ2n) is 3.84. The Labute approximate surface area is 97.9 Å². The van der Waals surface area contributed by atoms with E-state index in [0.29, 0.717) is 0 Å². The van der Waals surface area contributed by atoms with Gasteiger partial charge in [0.1, 0.15) is 0 Å². The van der Waals surface area contributed by atoms with Gasteiger partial charge >= 0.3 is 0 Å². The Hall–Kier alpha value is 0.130. The topological polar surface area (TPSA) is 9.23 Å². The number of hydrogen-bond donors (Lipinski definition) is 0. The van der Waals surface area contributed by atoms with Gasteiger partial charge in [0.15, 0.2) is 0 Å². The molecule has 0 aromatic carbocycles. The molecule has 0 aromatic rings. The molecule has 90 valence electrons. The lowest BCUT2D eigenvalue weighted by molar-refractivity contribution is 0.128. The van der Waals surface area contributed by atoms with Gasteiger partial charge < -0.3 is 4.74 Å². The highest BCUT2D eigenvalue weighted by Gasteiger charge is 1.90. The summed E-state index contributed by atoms with van der Waals surface area (Å²) in [6.45, 7) is 4.05. The van der Waals surface area contributed by atoms with Gasteiger partial charge in [-0.15, -0.1) is 9.24 Å². The highest BCUT2D eigenvalue weighted by atomic mass is 31.0. The highest BCUT2D eigenvalue weighted by Crippen LogP contribution is 2.02. The van der Waals surface area contributed by atoms with Crippen LogP contribution in [0.15, 0.2) is 12.2 Å². The predicted octanol–water partition coefficient (Wildman–Crippen LogP) is 4.18. The van der Waals surface area contributed by atoms with Crippen molar-refractivity contribution in [2.24, 2.45) is 0 Å². The van der Waals surface area contributed by atoms with E-state index in [9.17, 15) is 0 Å². The molecule has 0 heterocycles. The van der Waals surface area contributed by atoms with Crippen molar-refractivity contribution < 1.29 is 4.74 Å². The summed E-state index contributed by atoms with van der Waals surface area (Å²) in [5.41, 5.74) is 0. The average molecular weight is 230 g/mol. The summed E-state index contributed by atoms with van der Waals surface area (Å²) in [5.74, 6) is 0. The van der Waals surface area contributed by atoms with Crippen LogP contribution < -0.4 is 0 Å². The van der Waals surface area contributed by atoms with Crippen LogP contribution in [0.4, 0.5) is 0 Å². The number of unbranched alkanes of at least 4 members (excludes halogenated alkanes) is 4. The van der Waals surface area contributed by atoms with E-state index in [2.05, 4.69) is 28.3 Å². The molecule has 0 aliphatic heterocycles. The van der Waals surface area contributed by atoms with Gasteiger partial charge in [-0.1, -0.05) is 31.9 Å². The zero-order chi connectivity index (χ0) is 11.2. The molecule has 0 radical (unpaired) electrons. The van der Waals surface area contributed by atoms with E-state index in [1.54, 1.807) is 0 Å². The Morgan fingerprint density at radius 3 is 2.40 bits per heavy atom. The summed E-state index contributed by atoms with van der Waals surface area (Å²) in [4.78, 5) is 0. The van der Waals surface area contributed by atoms with E-state index in [1.165, 1.54) is 44.7 Å². The lowest BCUT2D eigenvalue weighted by Crippen LogP contribution is -1.96. The lowest BCUT2D eigenvalue weighted by atomic mass is 10.2. The number of ether oxygens (including phenoxy) is 1. The molecular formula is C13H27OP. The maximum absolute atomic E-state index is 5.55. The van der Waals surface area contributed by atoms with Crippen molar-refractivity contribution in [1.82, 2.24) is 0 Å². The van der Waals surface area contributed by atoms with Crippen LogP contribution in [0.5, 0.6) is 0 Å². The predicted molar refractivity (Wildman–Crippen MR) is 72.5 cm³/mol. The first-order valence-corrected chi connectivity index (χ1v) is 7.16. The van der Waals surface area contributed by atoms with Gasteiger partial charge in [-0.05, 0) is 38.3 Å². The largest absolute Gasteiger partial charge is 0.381 e. The third kappa shape index (κ3) is 14.1. The van der Waals surface area contributed by atoms with Crippen LogP contribution in [-0.4, -0.2) is 19.4 Å². The molecule has 0 saturated carbocycles. The van der Waals surface area contributed by atoms with E-state index >= 15 is 0 Å². The maximum atomic E-state index is 5.55. The fourth-order valence-corrected chi connectivity index (χ4v) is 1.68. The van der Waals surface area contributed by atoms with E-state index in [0.717, 1.165) is 19.6 Å². The first-order chi connectivity index (χ1) is 7.41. The second kappa shape index (κ2) is 14.1. The van der Waals surface area contributed by atoms with Crippen molar-refractivity contribution in [2.45, 2.75) is 51.9 Å². The molecule has 1 unspecified atom stereocenters. The summed E-state index contributed by atoms with van der Waals surface area (Å²) in [5, 5.41) is 0. The monoisotopic (exact) mass is 230 g/mol. The van der Waals surface area contributed by atoms with Gasteiger partial charge in [0.25, 0.3) is 0 Å². The van der Waals surface area contributed by atoms with Crippen molar-refractivity contribution in [3.05, 3.63) is 12.2 Å². The van der Waals surface area contributed by atoms with Crippen molar-refractivity contribution in [3.8, 4) is 0 Å². The van der Waals surface area contributed by atoms with E-state index in [4.69, 9.17) is 4.74 Å². The first kappa shape index (κ1) is 15.1. The molecule has 1 nitrogen and oxygen atoms in total. The summed E-state index contributed by atoms with van der Waals surface area (Å²) in [6, 6.07) is 0. The van der Waals surface area contributed by atoms with Gasteiger partial charge in [0.2, 0.25) is 0 Å².